The van der Waals surface area contributed by atoms with Gasteiger partial charge >= 0.3 is 0 Å². The van der Waals surface area contributed by atoms with Gasteiger partial charge in [-0.1, -0.05) is 52.5 Å². The van der Waals surface area contributed by atoms with Crippen molar-refractivity contribution in [2.45, 2.75) is 61.2 Å². The van der Waals surface area contributed by atoms with E-state index in [1.165, 1.54) is 18.2 Å². The fourth-order valence-corrected chi connectivity index (χ4v) is 2.11. The molecule has 0 radical (unpaired) electrons. The summed E-state index contributed by atoms with van der Waals surface area (Å²) in [7, 11) is 1.07. The molecule has 0 spiro atoms. The quantitative estimate of drug-likeness (QED) is 0.732. The Kier molecular flexibility index (Phi) is 4.11. The SMILES string of the molecule is CCC(C)(C)C(C)(C)CBc1c(C)noc1C. The minimum atomic E-state index is 0.331. The summed E-state index contributed by atoms with van der Waals surface area (Å²) in [6.45, 7) is 15.8. The largest absolute Gasteiger partial charge is 0.362 e. The molecule has 17 heavy (non-hydrogen) atoms. The zero-order valence-electron chi connectivity index (χ0n) is 12.5. The van der Waals surface area contributed by atoms with Crippen molar-refractivity contribution < 1.29 is 4.52 Å². The topological polar surface area (TPSA) is 26.0 Å². The van der Waals surface area contributed by atoms with Gasteiger partial charge in [-0.05, 0) is 30.1 Å². The molecular weight excluding hydrogens is 209 g/mol. The average Bonchev–Trinajstić information content (AvgIpc) is 2.56. The molecule has 1 rings (SSSR count). The predicted molar refractivity (Wildman–Crippen MR) is 75.4 cm³/mol. The molecule has 0 aliphatic rings. The van der Waals surface area contributed by atoms with E-state index in [1.807, 2.05) is 13.8 Å². The second-order valence-electron chi connectivity index (χ2n) is 6.42. The van der Waals surface area contributed by atoms with Crippen LogP contribution in [-0.2, 0) is 0 Å². The summed E-state index contributed by atoms with van der Waals surface area (Å²) >= 11 is 0. The minimum Gasteiger partial charge on any atom is -0.362 e. The maximum absolute atomic E-state index is 5.22. The highest BCUT2D eigenvalue weighted by atomic mass is 16.5. The maximum Gasteiger partial charge on any atom is 0.165 e. The zero-order valence-corrected chi connectivity index (χ0v) is 12.5. The van der Waals surface area contributed by atoms with E-state index in [-0.39, 0.29) is 0 Å². The first-order valence-electron chi connectivity index (χ1n) is 6.63. The lowest BCUT2D eigenvalue weighted by atomic mass is 9.52. The Hall–Kier alpha value is -0.725. The van der Waals surface area contributed by atoms with Gasteiger partial charge in [-0.15, -0.1) is 0 Å². The Morgan fingerprint density at radius 1 is 1.12 bits per heavy atom. The van der Waals surface area contributed by atoms with Gasteiger partial charge in [0.25, 0.3) is 0 Å². The monoisotopic (exact) mass is 235 g/mol. The molecule has 0 aliphatic heterocycles. The molecule has 2 nitrogen and oxygen atoms in total. The van der Waals surface area contributed by atoms with Crippen LogP contribution in [0.2, 0.25) is 6.32 Å². The molecule has 3 heteroatoms. The number of hydrogen-bond donors (Lipinski definition) is 0. The highest BCUT2D eigenvalue weighted by Crippen LogP contribution is 2.43. The normalized spacial score (nSPS) is 12.9. The number of nitrogens with zero attached hydrogens (tertiary/aromatic N) is 1. The van der Waals surface area contributed by atoms with Crippen LogP contribution in [0.4, 0.5) is 0 Å². The summed E-state index contributed by atoms with van der Waals surface area (Å²) in [5, 5.41) is 4.02. The van der Waals surface area contributed by atoms with E-state index in [0.717, 1.165) is 18.7 Å². The standard InChI is InChI=1S/C14H26BNO/c1-8-13(4,5)14(6,7)9-15-12-10(2)16-17-11(12)3/h15H,8-9H2,1-7H3. The lowest BCUT2D eigenvalue weighted by Gasteiger charge is -2.41. The van der Waals surface area contributed by atoms with E-state index in [2.05, 4.69) is 39.8 Å². The molecule has 0 aliphatic carbocycles. The van der Waals surface area contributed by atoms with Crippen molar-refractivity contribution in [3.63, 3.8) is 0 Å². The van der Waals surface area contributed by atoms with Gasteiger partial charge in [0, 0.05) is 0 Å². The highest BCUT2D eigenvalue weighted by Gasteiger charge is 2.35. The van der Waals surface area contributed by atoms with Crippen molar-refractivity contribution in [2.24, 2.45) is 10.8 Å². The van der Waals surface area contributed by atoms with Crippen LogP contribution in [0.5, 0.6) is 0 Å². The fourth-order valence-electron chi connectivity index (χ4n) is 2.11. The Bertz CT molecular complexity index is 360. The number of aryl methyl sites for hydroxylation is 2. The first-order chi connectivity index (χ1) is 7.71. The second-order valence-corrected chi connectivity index (χ2v) is 6.42. The third-order valence-electron chi connectivity index (χ3n) is 4.90. The fraction of sp³-hybridized carbons (Fsp3) is 0.786. The van der Waals surface area contributed by atoms with Gasteiger partial charge in [-0.2, -0.15) is 0 Å². The van der Waals surface area contributed by atoms with Crippen LogP contribution in [0.1, 0.15) is 52.5 Å². The molecular formula is C14H26BNO. The van der Waals surface area contributed by atoms with E-state index in [4.69, 9.17) is 4.52 Å². The predicted octanol–water partition coefficient (Wildman–Crippen LogP) is 3.23. The van der Waals surface area contributed by atoms with Gasteiger partial charge in [0.1, 0.15) is 5.76 Å². The van der Waals surface area contributed by atoms with Crippen LogP contribution in [0.3, 0.4) is 0 Å². The molecule has 96 valence electrons. The third kappa shape index (κ3) is 2.94. The summed E-state index contributed by atoms with van der Waals surface area (Å²) in [5.74, 6) is 0.979. The molecule has 0 unspecified atom stereocenters. The van der Waals surface area contributed by atoms with Crippen molar-refractivity contribution in [3.8, 4) is 0 Å². The molecule has 0 bridgehead atoms. The lowest BCUT2D eigenvalue weighted by Crippen LogP contribution is -2.35. The Balaban J connectivity index is 2.74. The maximum atomic E-state index is 5.22. The molecule has 0 fully saturated rings. The van der Waals surface area contributed by atoms with E-state index < -0.39 is 0 Å². The zero-order chi connectivity index (χ0) is 13.3. The number of hydrogen-bond acceptors (Lipinski definition) is 2. The van der Waals surface area contributed by atoms with Crippen LogP contribution >= 0.6 is 0 Å². The second kappa shape index (κ2) is 4.87. The molecule has 0 atom stereocenters. The summed E-state index contributed by atoms with van der Waals surface area (Å²) < 4.78 is 5.22. The van der Waals surface area contributed by atoms with Crippen LogP contribution in [-0.4, -0.2) is 12.4 Å². The smallest absolute Gasteiger partial charge is 0.165 e. The molecule has 1 aromatic heterocycles. The molecule has 0 N–H and O–H groups in total. The van der Waals surface area contributed by atoms with Crippen LogP contribution in [0, 0.1) is 24.7 Å². The molecule has 0 saturated heterocycles. The van der Waals surface area contributed by atoms with Gasteiger partial charge in [-0.3, -0.25) is 0 Å². The Morgan fingerprint density at radius 3 is 2.12 bits per heavy atom. The Morgan fingerprint density at radius 2 is 1.71 bits per heavy atom. The molecule has 0 amide bonds. The van der Waals surface area contributed by atoms with Crippen LogP contribution < -0.4 is 5.46 Å². The van der Waals surface area contributed by atoms with E-state index in [0.29, 0.717) is 10.8 Å². The van der Waals surface area contributed by atoms with E-state index >= 15 is 0 Å². The minimum absolute atomic E-state index is 0.331. The first-order valence-corrected chi connectivity index (χ1v) is 6.63. The number of aromatic nitrogens is 1. The number of rotatable bonds is 5. The van der Waals surface area contributed by atoms with Gasteiger partial charge in [0.05, 0.1) is 5.69 Å². The summed E-state index contributed by atoms with van der Waals surface area (Å²) in [5.41, 5.74) is 3.04. The van der Waals surface area contributed by atoms with Crippen LogP contribution in [0.15, 0.2) is 4.52 Å². The van der Waals surface area contributed by atoms with Gasteiger partial charge in [0.15, 0.2) is 7.28 Å². The highest BCUT2D eigenvalue weighted by molar-refractivity contribution is 6.54. The molecule has 0 saturated carbocycles. The Labute approximate surface area is 106 Å². The van der Waals surface area contributed by atoms with Crippen molar-refractivity contribution in [2.75, 3.05) is 0 Å². The van der Waals surface area contributed by atoms with Gasteiger partial charge in [0.2, 0.25) is 0 Å². The summed E-state index contributed by atoms with van der Waals surface area (Å²) in [6, 6.07) is 0. The molecule has 0 aromatic carbocycles. The molecule has 1 aromatic rings. The molecule has 1 heterocycles. The summed E-state index contributed by atoms with van der Waals surface area (Å²) in [6.07, 6.45) is 2.39. The van der Waals surface area contributed by atoms with Crippen molar-refractivity contribution in [1.82, 2.24) is 5.16 Å². The van der Waals surface area contributed by atoms with Gasteiger partial charge < -0.3 is 4.52 Å². The average molecular weight is 235 g/mol. The van der Waals surface area contributed by atoms with Gasteiger partial charge in [-0.25, -0.2) is 0 Å². The third-order valence-corrected chi connectivity index (χ3v) is 4.90. The van der Waals surface area contributed by atoms with Crippen LogP contribution in [0.25, 0.3) is 0 Å². The van der Waals surface area contributed by atoms with Crippen molar-refractivity contribution >= 4 is 12.7 Å². The van der Waals surface area contributed by atoms with E-state index in [1.54, 1.807) is 0 Å². The lowest BCUT2D eigenvalue weighted by molar-refractivity contribution is 0.127. The van der Waals surface area contributed by atoms with Crippen molar-refractivity contribution in [1.29, 1.82) is 0 Å². The first kappa shape index (κ1) is 14.3. The van der Waals surface area contributed by atoms with E-state index in [9.17, 15) is 0 Å². The summed E-state index contributed by atoms with van der Waals surface area (Å²) in [4.78, 5) is 0. The van der Waals surface area contributed by atoms with Crippen molar-refractivity contribution in [3.05, 3.63) is 11.5 Å².